The third kappa shape index (κ3) is 5.49. The monoisotopic (exact) mass is 280 g/mol. The van der Waals surface area contributed by atoms with E-state index in [1.54, 1.807) is 0 Å². The van der Waals surface area contributed by atoms with Gasteiger partial charge in [0.2, 0.25) is 0 Å². The molecule has 0 saturated heterocycles. The molecule has 0 fully saturated rings. The summed E-state index contributed by atoms with van der Waals surface area (Å²) in [4.78, 5) is 2.23. The van der Waals surface area contributed by atoms with E-state index in [0.717, 1.165) is 25.5 Å². The third-order valence-corrected chi connectivity index (χ3v) is 3.16. The summed E-state index contributed by atoms with van der Waals surface area (Å²) in [6, 6.07) is 8.37. The summed E-state index contributed by atoms with van der Waals surface area (Å²) >= 11 is 0. The molecule has 4 heteroatoms. The number of rotatable bonds is 9. The number of hydrogen-bond donors (Lipinski definition) is 1. The number of likely N-dealkylation sites (N-methyl/N-ethyl adjacent to an activating group) is 1. The molecule has 114 valence electrons. The Morgan fingerprint density at radius 1 is 1.30 bits per heavy atom. The smallest absolute Gasteiger partial charge is 0.120 e. The molecule has 0 heterocycles. The molecule has 1 unspecified atom stereocenters. The molecule has 0 amide bonds. The molecule has 1 rings (SSSR count). The molecule has 0 bridgehead atoms. The van der Waals surface area contributed by atoms with E-state index in [1.807, 2.05) is 32.9 Å². The highest BCUT2D eigenvalue weighted by Gasteiger charge is 2.16. The van der Waals surface area contributed by atoms with Crippen LogP contribution in [0.3, 0.4) is 0 Å². The van der Waals surface area contributed by atoms with Crippen LogP contribution in [0.1, 0.15) is 32.4 Å². The van der Waals surface area contributed by atoms with Gasteiger partial charge in [0.25, 0.3) is 0 Å². The molecule has 1 aromatic carbocycles. The lowest BCUT2D eigenvalue weighted by atomic mass is 10.1. The second-order valence-electron chi connectivity index (χ2n) is 5.17. The first-order valence-corrected chi connectivity index (χ1v) is 7.33. The summed E-state index contributed by atoms with van der Waals surface area (Å²) in [5.41, 5.74) is 7.12. The Hall–Kier alpha value is -1.10. The quantitative estimate of drug-likeness (QED) is 0.706. The third-order valence-electron chi connectivity index (χ3n) is 3.16. The van der Waals surface area contributed by atoms with Crippen LogP contribution in [0.5, 0.6) is 5.75 Å². The van der Waals surface area contributed by atoms with Crippen molar-refractivity contribution >= 4 is 0 Å². The lowest BCUT2D eigenvalue weighted by Crippen LogP contribution is -2.33. The standard InChI is InChI=1S/C16H28N2O2/c1-5-19-10-9-18(4)16(12-17)14-7-6-8-15(11-14)20-13(2)3/h6-8,11,13,16H,5,9-10,12,17H2,1-4H3. The lowest BCUT2D eigenvalue weighted by molar-refractivity contribution is 0.108. The van der Waals surface area contributed by atoms with Crippen molar-refractivity contribution in [3.8, 4) is 5.75 Å². The zero-order valence-corrected chi connectivity index (χ0v) is 13.1. The van der Waals surface area contributed by atoms with Gasteiger partial charge in [-0.25, -0.2) is 0 Å². The van der Waals surface area contributed by atoms with Crippen molar-refractivity contribution in [3.05, 3.63) is 29.8 Å². The Morgan fingerprint density at radius 2 is 2.05 bits per heavy atom. The van der Waals surface area contributed by atoms with Crippen LogP contribution in [0, 0.1) is 0 Å². The van der Waals surface area contributed by atoms with Gasteiger partial charge in [0, 0.05) is 25.7 Å². The molecule has 0 aromatic heterocycles. The zero-order chi connectivity index (χ0) is 15.0. The highest BCUT2D eigenvalue weighted by atomic mass is 16.5. The van der Waals surface area contributed by atoms with Gasteiger partial charge in [-0.1, -0.05) is 12.1 Å². The van der Waals surface area contributed by atoms with E-state index in [0.29, 0.717) is 6.54 Å². The Bertz CT molecular complexity index is 382. The summed E-state index contributed by atoms with van der Waals surface area (Å²) in [6.45, 7) is 8.99. The average Bonchev–Trinajstić information content (AvgIpc) is 2.39. The maximum absolute atomic E-state index is 5.94. The molecule has 4 nitrogen and oxygen atoms in total. The van der Waals surface area contributed by atoms with Gasteiger partial charge in [-0.15, -0.1) is 0 Å². The van der Waals surface area contributed by atoms with Gasteiger partial charge in [-0.3, -0.25) is 4.90 Å². The van der Waals surface area contributed by atoms with Crippen LogP contribution in [0.4, 0.5) is 0 Å². The normalized spacial score (nSPS) is 12.9. The number of ether oxygens (including phenoxy) is 2. The van der Waals surface area contributed by atoms with Gasteiger partial charge < -0.3 is 15.2 Å². The summed E-state index contributed by atoms with van der Waals surface area (Å²) in [6.07, 6.45) is 0.178. The highest BCUT2D eigenvalue weighted by Crippen LogP contribution is 2.23. The summed E-state index contributed by atoms with van der Waals surface area (Å²) in [5, 5.41) is 0. The molecule has 0 spiro atoms. The van der Waals surface area contributed by atoms with E-state index in [9.17, 15) is 0 Å². The van der Waals surface area contributed by atoms with Crippen molar-refractivity contribution in [3.63, 3.8) is 0 Å². The first-order valence-electron chi connectivity index (χ1n) is 7.33. The molecular weight excluding hydrogens is 252 g/mol. The summed E-state index contributed by atoms with van der Waals surface area (Å²) in [7, 11) is 2.08. The van der Waals surface area contributed by atoms with Crippen molar-refractivity contribution in [1.82, 2.24) is 4.90 Å². The van der Waals surface area contributed by atoms with Crippen molar-refractivity contribution < 1.29 is 9.47 Å². The minimum absolute atomic E-state index is 0.178. The molecule has 1 aromatic rings. The molecule has 0 aliphatic rings. The Kier molecular flexibility index (Phi) is 7.59. The van der Waals surface area contributed by atoms with Crippen LogP contribution in [0.25, 0.3) is 0 Å². The van der Waals surface area contributed by atoms with Crippen LogP contribution in [0.15, 0.2) is 24.3 Å². The van der Waals surface area contributed by atoms with Crippen LogP contribution in [0.2, 0.25) is 0 Å². The summed E-state index contributed by atoms with van der Waals surface area (Å²) in [5.74, 6) is 0.897. The Balaban J connectivity index is 2.72. The van der Waals surface area contributed by atoms with Crippen molar-refractivity contribution in [2.45, 2.75) is 32.9 Å². The Labute approximate surface area is 122 Å². The topological polar surface area (TPSA) is 47.7 Å². The number of nitrogens with two attached hydrogens (primary N) is 1. The van der Waals surface area contributed by atoms with Crippen LogP contribution in [-0.2, 0) is 4.74 Å². The first-order chi connectivity index (χ1) is 9.58. The lowest BCUT2D eigenvalue weighted by Gasteiger charge is -2.27. The number of nitrogens with zero attached hydrogens (tertiary/aromatic N) is 1. The minimum Gasteiger partial charge on any atom is -0.491 e. The average molecular weight is 280 g/mol. The first kappa shape index (κ1) is 17.0. The molecule has 1 atom stereocenters. The molecule has 20 heavy (non-hydrogen) atoms. The van der Waals surface area contributed by atoms with Crippen LogP contribution < -0.4 is 10.5 Å². The fraction of sp³-hybridized carbons (Fsp3) is 0.625. The van der Waals surface area contributed by atoms with Gasteiger partial charge >= 0.3 is 0 Å². The number of hydrogen-bond acceptors (Lipinski definition) is 4. The zero-order valence-electron chi connectivity index (χ0n) is 13.1. The van der Waals surface area contributed by atoms with Crippen molar-refractivity contribution in [2.24, 2.45) is 5.73 Å². The highest BCUT2D eigenvalue weighted by molar-refractivity contribution is 5.31. The molecule has 0 saturated carbocycles. The second-order valence-corrected chi connectivity index (χ2v) is 5.17. The largest absolute Gasteiger partial charge is 0.491 e. The van der Waals surface area contributed by atoms with Crippen molar-refractivity contribution in [2.75, 3.05) is 33.4 Å². The minimum atomic E-state index is 0.178. The van der Waals surface area contributed by atoms with E-state index in [1.165, 1.54) is 5.56 Å². The maximum Gasteiger partial charge on any atom is 0.120 e. The van der Waals surface area contributed by atoms with E-state index in [4.69, 9.17) is 15.2 Å². The fourth-order valence-corrected chi connectivity index (χ4v) is 2.15. The van der Waals surface area contributed by atoms with Crippen LogP contribution >= 0.6 is 0 Å². The van der Waals surface area contributed by atoms with E-state index in [2.05, 4.69) is 24.1 Å². The van der Waals surface area contributed by atoms with Gasteiger partial charge in [0.05, 0.1) is 12.7 Å². The Morgan fingerprint density at radius 3 is 2.65 bits per heavy atom. The van der Waals surface area contributed by atoms with Gasteiger partial charge in [0.15, 0.2) is 0 Å². The molecule has 2 N–H and O–H groups in total. The van der Waals surface area contributed by atoms with E-state index < -0.39 is 0 Å². The maximum atomic E-state index is 5.94. The van der Waals surface area contributed by atoms with Crippen LogP contribution in [-0.4, -0.2) is 44.4 Å². The molecule has 0 aliphatic carbocycles. The predicted molar refractivity (Wildman–Crippen MR) is 83.1 cm³/mol. The van der Waals surface area contributed by atoms with E-state index >= 15 is 0 Å². The van der Waals surface area contributed by atoms with Gasteiger partial charge in [-0.2, -0.15) is 0 Å². The van der Waals surface area contributed by atoms with Gasteiger partial charge in [-0.05, 0) is 45.5 Å². The predicted octanol–water partition coefficient (Wildman–Crippen LogP) is 2.44. The number of benzene rings is 1. The molecule has 0 aliphatic heterocycles. The fourth-order valence-electron chi connectivity index (χ4n) is 2.15. The van der Waals surface area contributed by atoms with Crippen molar-refractivity contribution in [1.29, 1.82) is 0 Å². The second kappa shape index (κ2) is 8.95. The molecule has 0 radical (unpaired) electrons. The van der Waals surface area contributed by atoms with Gasteiger partial charge in [0.1, 0.15) is 5.75 Å². The summed E-state index contributed by atoms with van der Waals surface area (Å²) < 4.78 is 11.1. The molecular formula is C16H28N2O2. The SMILES string of the molecule is CCOCCN(C)C(CN)c1cccc(OC(C)C)c1. The van der Waals surface area contributed by atoms with E-state index in [-0.39, 0.29) is 12.1 Å².